The Labute approximate surface area is 140 Å². The molecule has 0 spiro atoms. The maximum atomic E-state index is 10.4. The van der Waals surface area contributed by atoms with E-state index < -0.39 is 0 Å². The van der Waals surface area contributed by atoms with Gasteiger partial charge >= 0.3 is 0 Å². The fourth-order valence-corrected chi connectivity index (χ4v) is 2.87. The first-order chi connectivity index (χ1) is 11.1. The maximum absolute atomic E-state index is 10.4. The molecular weight excluding hydrogens is 282 g/mol. The van der Waals surface area contributed by atoms with Crippen molar-refractivity contribution in [3.63, 3.8) is 0 Å². The summed E-state index contributed by atoms with van der Waals surface area (Å²) in [6.07, 6.45) is 3.60. The fraction of sp³-hybridized carbons (Fsp3) is 0.429. The van der Waals surface area contributed by atoms with Gasteiger partial charge in [0, 0.05) is 0 Å². The van der Waals surface area contributed by atoms with E-state index in [2.05, 4.69) is 68.4 Å². The molecule has 0 bridgehead atoms. The molecule has 0 aliphatic heterocycles. The van der Waals surface area contributed by atoms with Gasteiger partial charge in [-0.25, -0.2) is 0 Å². The van der Waals surface area contributed by atoms with Crippen LogP contribution in [0.4, 0.5) is 0 Å². The van der Waals surface area contributed by atoms with Crippen LogP contribution in [-0.4, -0.2) is 30.6 Å². The van der Waals surface area contributed by atoms with Crippen LogP contribution in [0.3, 0.4) is 0 Å². The molecule has 124 valence electrons. The standard InChI is InChI=1S/C21H29NO/c1-17-9-4-5-11-19(17)15-18-10-8-12-20(16-18)21(23)13-6-7-14-22(2)3/h4-5,8-12,16,21,23H,6-7,13-15H2,1-3H3. The molecule has 0 saturated heterocycles. The van der Waals surface area contributed by atoms with Crippen molar-refractivity contribution >= 4 is 0 Å². The van der Waals surface area contributed by atoms with Crippen molar-refractivity contribution in [1.82, 2.24) is 4.90 Å². The molecule has 2 heteroatoms. The number of benzene rings is 2. The zero-order valence-corrected chi connectivity index (χ0v) is 14.6. The van der Waals surface area contributed by atoms with E-state index in [1.807, 2.05) is 6.07 Å². The van der Waals surface area contributed by atoms with E-state index in [1.54, 1.807) is 0 Å². The van der Waals surface area contributed by atoms with Crippen molar-refractivity contribution in [1.29, 1.82) is 0 Å². The van der Waals surface area contributed by atoms with Gasteiger partial charge in [0.05, 0.1) is 6.10 Å². The van der Waals surface area contributed by atoms with Crippen LogP contribution in [0, 0.1) is 6.92 Å². The third-order valence-electron chi connectivity index (χ3n) is 4.32. The summed E-state index contributed by atoms with van der Waals surface area (Å²) in [4.78, 5) is 2.19. The van der Waals surface area contributed by atoms with Gasteiger partial charge in [-0.3, -0.25) is 0 Å². The van der Waals surface area contributed by atoms with Crippen molar-refractivity contribution in [3.8, 4) is 0 Å². The van der Waals surface area contributed by atoms with E-state index in [1.165, 1.54) is 16.7 Å². The largest absolute Gasteiger partial charge is 0.388 e. The van der Waals surface area contributed by atoms with Crippen molar-refractivity contribution in [2.45, 2.75) is 38.7 Å². The molecule has 2 rings (SSSR count). The molecule has 0 fully saturated rings. The van der Waals surface area contributed by atoms with E-state index in [0.717, 1.165) is 37.8 Å². The molecule has 0 aliphatic rings. The number of nitrogens with zero attached hydrogens (tertiary/aromatic N) is 1. The lowest BCUT2D eigenvalue weighted by atomic mass is 9.96. The predicted octanol–water partition coefficient (Wildman–Crippen LogP) is 4.35. The van der Waals surface area contributed by atoms with Gasteiger partial charge in [-0.1, -0.05) is 48.5 Å². The van der Waals surface area contributed by atoms with Crippen molar-refractivity contribution < 1.29 is 5.11 Å². The number of unbranched alkanes of at least 4 members (excludes halogenated alkanes) is 1. The highest BCUT2D eigenvalue weighted by Gasteiger charge is 2.08. The fourth-order valence-electron chi connectivity index (χ4n) is 2.87. The second kappa shape index (κ2) is 8.85. The highest BCUT2D eigenvalue weighted by molar-refractivity contribution is 5.34. The molecule has 1 N–H and O–H groups in total. The lowest BCUT2D eigenvalue weighted by molar-refractivity contribution is 0.162. The summed E-state index contributed by atoms with van der Waals surface area (Å²) in [7, 11) is 4.18. The SMILES string of the molecule is Cc1ccccc1Cc1cccc(C(O)CCCCN(C)C)c1. The summed E-state index contributed by atoms with van der Waals surface area (Å²) in [6.45, 7) is 3.23. The Kier molecular flexibility index (Phi) is 6.82. The van der Waals surface area contributed by atoms with E-state index in [9.17, 15) is 5.11 Å². The number of aliphatic hydroxyl groups excluding tert-OH is 1. The molecule has 23 heavy (non-hydrogen) atoms. The van der Waals surface area contributed by atoms with Crippen LogP contribution in [0.5, 0.6) is 0 Å². The quantitative estimate of drug-likeness (QED) is 0.733. The predicted molar refractivity (Wildman–Crippen MR) is 97.8 cm³/mol. The smallest absolute Gasteiger partial charge is 0.0790 e. The van der Waals surface area contributed by atoms with Gasteiger partial charge in [0.15, 0.2) is 0 Å². The molecule has 2 nitrogen and oxygen atoms in total. The van der Waals surface area contributed by atoms with Crippen LogP contribution in [0.25, 0.3) is 0 Å². The van der Waals surface area contributed by atoms with Crippen LogP contribution in [-0.2, 0) is 6.42 Å². The van der Waals surface area contributed by atoms with Gasteiger partial charge in [-0.15, -0.1) is 0 Å². The van der Waals surface area contributed by atoms with Gasteiger partial charge in [0.2, 0.25) is 0 Å². The van der Waals surface area contributed by atoms with Gasteiger partial charge in [0.25, 0.3) is 0 Å². The second-order valence-electron chi connectivity index (χ2n) is 6.66. The summed E-state index contributed by atoms with van der Waals surface area (Å²) in [5.41, 5.74) is 4.98. The summed E-state index contributed by atoms with van der Waals surface area (Å²) >= 11 is 0. The van der Waals surface area contributed by atoms with Crippen LogP contribution < -0.4 is 0 Å². The third-order valence-corrected chi connectivity index (χ3v) is 4.32. The van der Waals surface area contributed by atoms with Gasteiger partial charge < -0.3 is 10.0 Å². The Morgan fingerprint density at radius 2 is 1.78 bits per heavy atom. The van der Waals surface area contributed by atoms with Crippen molar-refractivity contribution in [2.75, 3.05) is 20.6 Å². The average Bonchev–Trinajstić information content (AvgIpc) is 2.54. The Bertz CT molecular complexity index is 606. The van der Waals surface area contributed by atoms with E-state index >= 15 is 0 Å². The number of rotatable bonds is 8. The second-order valence-corrected chi connectivity index (χ2v) is 6.66. The zero-order valence-electron chi connectivity index (χ0n) is 14.6. The Morgan fingerprint density at radius 1 is 1.00 bits per heavy atom. The minimum atomic E-state index is -0.353. The maximum Gasteiger partial charge on any atom is 0.0790 e. The third kappa shape index (κ3) is 5.81. The Balaban J connectivity index is 1.95. The number of aliphatic hydroxyl groups is 1. The van der Waals surface area contributed by atoms with Crippen LogP contribution in [0.2, 0.25) is 0 Å². The Morgan fingerprint density at radius 3 is 2.52 bits per heavy atom. The van der Waals surface area contributed by atoms with Crippen molar-refractivity contribution in [3.05, 3.63) is 70.8 Å². The average molecular weight is 311 g/mol. The minimum absolute atomic E-state index is 0.353. The molecule has 1 atom stereocenters. The molecule has 2 aromatic carbocycles. The van der Waals surface area contributed by atoms with Gasteiger partial charge in [0.1, 0.15) is 0 Å². The minimum Gasteiger partial charge on any atom is -0.388 e. The monoisotopic (exact) mass is 311 g/mol. The van der Waals surface area contributed by atoms with Gasteiger partial charge in [-0.2, -0.15) is 0 Å². The summed E-state index contributed by atoms with van der Waals surface area (Å²) in [6, 6.07) is 16.9. The van der Waals surface area contributed by atoms with Crippen LogP contribution >= 0.6 is 0 Å². The van der Waals surface area contributed by atoms with Crippen LogP contribution in [0.1, 0.15) is 47.6 Å². The summed E-state index contributed by atoms with van der Waals surface area (Å²) in [5.74, 6) is 0. The van der Waals surface area contributed by atoms with Crippen LogP contribution in [0.15, 0.2) is 48.5 Å². The molecular formula is C21H29NO. The molecule has 1 unspecified atom stereocenters. The van der Waals surface area contributed by atoms with Gasteiger partial charge in [-0.05, 0) is 75.5 Å². The number of hydrogen-bond donors (Lipinski definition) is 1. The summed E-state index contributed by atoms with van der Waals surface area (Å²) in [5, 5.41) is 10.4. The molecule has 0 amide bonds. The molecule has 0 saturated carbocycles. The van der Waals surface area contributed by atoms with E-state index in [-0.39, 0.29) is 6.10 Å². The zero-order chi connectivity index (χ0) is 16.7. The highest BCUT2D eigenvalue weighted by atomic mass is 16.3. The lowest BCUT2D eigenvalue weighted by Crippen LogP contribution is -2.13. The first-order valence-corrected chi connectivity index (χ1v) is 8.52. The molecule has 0 heterocycles. The van der Waals surface area contributed by atoms with E-state index in [0.29, 0.717) is 0 Å². The molecule has 0 radical (unpaired) electrons. The molecule has 0 aromatic heterocycles. The number of hydrogen-bond acceptors (Lipinski definition) is 2. The van der Waals surface area contributed by atoms with E-state index in [4.69, 9.17) is 0 Å². The van der Waals surface area contributed by atoms with Crippen molar-refractivity contribution in [2.24, 2.45) is 0 Å². The summed E-state index contributed by atoms with van der Waals surface area (Å²) < 4.78 is 0. The first-order valence-electron chi connectivity index (χ1n) is 8.52. The normalized spacial score (nSPS) is 12.6. The highest BCUT2D eigenvalue weighted by Crippen LogP contribution is 2.22. The first kappa shape index (κ1) is 17.7. The molecule has 2 aromatic rings. The number of aryl methyl sites for hydroxylation is 1. The molecule has 0 aliphatic carbocycles. The lowest BCUT2D eigenvalue weighted by Gasteiger charge is -2.14. The topological polar surface area (TPSA) is 23.5 Å². The Hall–Kier alpha value is -1.64.